The van der Waals surface area contributed by atoms with Gasteiger partial charge in [0.25, 0.3) is 0 Å². The van der Waals surface area contributed by atoms with Crippen molar-refractivity contribution >= 4 is 23.2 Å². The topological polar surface area (TPSA) is 62.7 Å². The molecule has 8 heteroatoms. The molecule has 2 aromatic rings. The Kier molecular flexibility index (Phi) is 4.38. The molecule has 1 N–H and O–H groups in total. The zero-order valence-electron chi connectivity index (χ0n) is 13.5. The van der Waals surface area contributed by atoms with E-state index in [-0.39, 0.29) is 28.7 Å². The van der Waals surface area contributed by atoms with Gasteiger partial charge in [-0.2, -0.15) is 8.78 Å². The number of aliphatic hydroxyl groups is 1. The van der Waals surface area contributed by atoms with Crippen molar-refractivity contribution in [3.05, 3.63) is 52.2 Å². The Bertz CT molecular complexity index is 843. The zero-order chi connectivity index (χ0) is 18.4. The number of nitrogens with zero attached hydrogens (tertiary/aromatic N) is 2. The first kappa shape index (κ1) is 17.6. The number of carbonyl (C=O) groups is 1. The highest BCUT2D eigenvalue weighted by molar-refractivity contribution is 6.31. The van der Waals surface area contributed by atoms with Crippen LogP contribution in [0.2, 0.25) is 5.02 Å². The number of rotatable bonds is 4. The van der Waals surface area contributed by atoms with E-state index in [2.05, 4.69) is 4.98 Å². The predicted molar refractivity (Wildman–Crippen MR) is 88.0 cm³/mol. The Balaban J connectivity index is 2.05. The second-order valence-corrected chi connectivity index (χ2v) is 6.08. The van der Waals surface area contributed by atoms with Gasteiger partial charge in [0.05, 0.1) is 36.7 Å². The normalized spacial score (nSPS) is 16.7. The smallest absolute Gasteiger partial charge is 0.352 e. The molecule has 0 aliphatic carbocycles. The summed E-state index contributed by atoms with van der Waals surface area (Å²) in [4.78, 5) is 17.4. The molecule has 2 heterocycles. The number of pyridine rings is 1. The Hall–Kier alpha value is -2.25. The van der Waals surface area contributed by atoms with Crippen LogP contribution in [0, 0.1) is 0 Å². The van der Waals surface area contributed by atoms with Crippen LogP contribution in [0.15, 0.2) is 30.3 Å². The monoisotopic (exact) mass is 368 g/mol. The summed E-state index contributed by atoms with van der Waals surface area (Å²) in [7, 11) is 1.39. The molecule has 1 aromatic carbocycles. The van der Waals surface area contributed by atoms with Gasteiger partial charge in [0.1, 0.15) is 5.02 Å². The minimum absolute atomic E-state index is 0.0278. The van der Waals surface area contributed by atoms with Crippen molar-refractivity contribution < 1.29 is 23.4 Å². The molecule has 1 atom stereocenters. The molecular weight excluding hydrogens is 354 g/mol. The third kappa shape index (κ3) is 2.83. The van der Waals surface area contributed by atoms with Crippen LogP contribution in [0.3, 0.4) is 0 Å². The number of methoxy groups -OCH3 is 1. The molecule has 1 amide bonds. The molecule has 0 bridgehead atoms. The Labute approximate surface area is 147 Å². The maximum absolute atomic E-state index is 14.5. The van der Waals surface area contributed by atoms with Crippen LogP contribution in [-0.4, -0.2) is 23.1 Å². The molecule has 3 rings (SSSR count). The largest absolute Gasteiger partial charge is 0.480 e. The van der Waals surface area contributed by atoms with Crippen molar-refractivity contribution in [2.45, 2.75) is 25.5 Å². The molecule has 0 saturated heterocycles. The first-order valence-electron chi connectivity index (χ1n) is 7.48. The first-order chi connectivity index (χ1) is 11.8. The van der Waals surface area contributed by atoms with Gasteiger partial charge in [-0.25, -0.2) is 4.98 Å². The van der Waals surface area contributed by atoms with Crippen molar-refractivity contribution in [2.24, 2.45) is 0 Å². The SMILES string of the molecule is COc1nc(CN2C(=O)C(F)(F)c3c([C@H](C)O)cccc32)ccc1Cl. The van der Waals surface area contributed by atoms with Crippen molar-refractivity contribution in [1.82, 2.24) is 4.98 Å². The van der Waals surface area contributed by atoms with Crippen LogP contribution in [0.25, 0.3) is 0 Å². The summed E-state index contributed by atoms with van der Waals surface area (Å²) in [6.07, 6.45) is -1.12. The lowest BCUT2D eigenvalue weighted by atomic mass is 9.98. The summed E-state index contributed by atoms with van der Waals surface area (Å²) in [5, 5.41) is 10.1. The van der Waals surface area contributed by atoms with Crippen LogP contribution < -0.4 is 9.64 Å². The Morgan fingerprint density at radius 1 is 1.36 bits per heavy atom. The molecule has 0 radical (unpaired) electrons. The maximum Gasteiger partial charge on any atom is 0.352 e. The lowest BCUT2D eigenvalue weighted by Gasteiger charge is -2.17. The van der Waals surface area contributed by atoms with Gasteiger partial charge in [-0.05, 0) is 30.7 Å². The minimum atomic E-state index is -3.71. The molecule has 1 aliphatic rings. The van der Waals surface area contributed by atoms with Gasteiger partial charge in [0.2, 0.25) is 5.88 Å². The van der Waals surface area contributed by atoms with E-state index < -0.39 is 23.5 Å². The highest BCUT2D eigenvalue weighted by Gasteiger charge is 2.54. The van der Waals surface area contributed by atoms with E-state index in [4.69, 9.17) is 16.3 Å². The number of hydrogen-bond acceptors (Lipinski definition) is 4. The van der Waals surface area contributed by atoms with Gasteiger partial charge >= 0.3 is 11.8 Å². The van der Waals surface area contributed by atoms with Crippen LogP contribution in [0.5, 0.6) is 5.88 Å². The third-order valence-electron chi connectivity index (χ3n) is 4.03. The molecular formula is C17H15ClF2N2O3. The Morgan fingerprint density at radius 2 is 2.08 bits per heavy atom. The van der Waals surface area contributed by atoms with Crippen molar-refractivity contribution in [2.75, 3.05) is 12.0 Å². The van der Waals surface area contributed by atoms with Crippen molar-refractivity contribution in [3.8, 4) is 5.88 Å². The molecule has 0 saturated carbocycles. The second kappa shape index (κ2) is 6.24. The van der Waals surface area contributed by atoms with Crippen molar-refractivity contribution in [1.29, 1.82) is 0 Å². The summed E-state index contributed by atoms with van der Waals surface area (Å²) < 4.78 is 34.1. The van der Waals surface area contributed by atoms with Crippen molar-refractivity contribution in [3.63, 3.8) is 0 Å². The standard InChI is InChI=1S/C17H15ClF2N2O3/c1-9(23)11-4-3-5-13-14(11)17(19,20)16(24)22(13)8-10-6-7-12(18)15(21-10)25-2/h3-7,9,23H,8H2,1-2H3/t9-/m0/s1. The molecule has 132 valence electrons. The van der Waals surface area contributed by atoms with E-state index in [0.717, 1.165) is 4.90 Å². The van der Waals surface area contributed by atoms with E-state index in [1.54, 1.807) is 0 Å². The average molecular weight is 369 g/mol. The van der Waals surface area contributed by atoms with Crippen LogP contribution in [0.4, 0.5) is 14.5 Å². The number of fused-ring (bicyclic) bond motifs is 1. The third-order valence-corrected chi connectivity index (χ3v) is 4.32. The summed E-state index contributed by atoms with van der Waals surface area (Å²) >= 11 is 5.91. The highest BCUT2D eigenvalue weighted by atomic mass is 35.5. The second-order valence-electron chi connectivity index (χ2n) is 5.68. The van der Waals surface area contributed by atoms with E-state index in [1.165, 1.54) is 44.4 Å². The fraction of sp³-hybridized carbons (Fsp3) is 0.294. The van der Waals surface area contributed by atoms with Gasteiger partial charge in [-0.3, -0.25) is 4.79 Å². The Morgan fingerprint density at radius 3 is 2.72 bits per heavy atom. The molecule has 25 heavy (non-hydrogen) atoms. The number of benzene rings is 1. The number of carbonyl (C=O) groups excluding carboxylic acids is 1. The number of aliphatic hydroxyl groups excluding tert-OH is 1. The summed E-state index contributed by atoms with van der Waals surface area (Å²) in [5.41, 5.74) is -0.0271. The lowest BCUT2D eigenvalue weighted by molar-refractivity contribution is -0.141. The average Bonchev–Trinajstić information content (AvgIpc) is 2.77. The van der Waals surface area contributed by atoms with Gasteiger partial charge in [0, 0.05) is 0 Å². The first-order valence-corrected chi connectivity index (χ1v) is 7.85. The van der Waals surface area contributed by atoms with E-state index >= 15 is 0 Å². The maximum atomic E-state index is 14.5. The summed E-state index contributed by atoms with van der Waals surface area (Å²) in [6.45, 7) is 1.21. The number of amides is 1. The molecule has 0 fully saturated rings. The molecule has 1 aliphatic heterocycles. The quantitative estimate of drug-likeness (QED) is 0.898. The predicted octanol–water partition coefficient (Wildman–Crippen LogP) is 3.44. The van der Waals surface area contributed by atoms with E-state index in [9.17, 15) is 18.7 Å². The zero-order valence-corrected chi connectivity index (χ0v) is 14.2. The number of hydrogen-bond donors (Lipinski definition) is 1. The lowest BCUT2D eigenvalue weighted by Crippen LogP contribution is -2.34. The number of ether oxygens (including phenoxy) is 1. The van der Waals surface area contributed by atoms with Crippen LogP contribution in [0.1, 0.15) is 29.8 Å². The van der Waals surface area contributed by atoms with E-state index in [1.807, 2.05) is 0 Å². The number of halogens is 3. The van der Waals surface area contributed by atoms with Gasteiger partial charge < -0.3 is 14.7 Å². The number of aromatic nitrogens is 1. The van der Waals surface area contributed by atoms with Gasteiger partial charge in [0.15, 0.2) is 0 Å². The fourth-order valence-electron chi connectivity index (χ4n) is 2.87. The fourth-order valence-corrected chi connectivity index (χ4v) is 3.05. The van der Waals surface area contributed by atoms with Gasteiger partial charge in [-0.1, -0.05) is 23.7 Å². The van der Waals surface area contributed by atoms with Gasteiger partial charge in [-0.15, -0.1) is 0 Å². The highest BCUT2D eigenvalue weighted by Crippen LogP contribution is 2.47. The summed E-state index contributed by atoms with van der Waals surface area (Å²) in [5.74, 6) is -4.92. The molecule has 0 unspecified atom stereocenters. The van der Waals surface area contributed by atoms with Crippen LogP contribution >= 0.6 is 11.6 Å². The molecule has 5 nitrogen and oxygen atoms in total. The minimum Gasteiger partial charge on any atom is -0.480 e. The van der Waals surface area contributed by atoms with E-state index in [0.29, 0.717) is 5.69 Å². The molecule has 1 aromatic heterocycles. The number of anilines is 1. The van der Waals surface area contributed by atoms with Crippen LogP contribution in [-0.2, 0) is 17.3 Å². The number of alkyl halides is 2. The molecule has 0 spiro atoms. The summed E-state index contributed by atoms with van der Waals surface area (Å²) in [6, 6.07) is 7.39.